The molecule has 140 valence electrons. The molecule has 0 aliphatic carbocycles. The molecule has 0 unspecified atom stereocenters. The molecule has 0 aromatic heterocycles. The molecule has 2 saturated heterocycles. The first-order valence-corrected chi connectivity index (χ1v) is 8.87. The Morgan fingerprint density at radius 3 is 2.89 bits per heavy atom. The molecule has 0 radical (unpaired) electrons. The third-order valence-electron chi connectivity index (χ3n) is 5.92. The first kappa shape index (κ1) is 16.4. The standard InChI is InChI=1S/C20H19NO6/c1-10(2)17-20-6-5-13(27-20)15(19(23)24)16(20)18(22)21(17)8-11-3-4-12-14(7-11)26-9-25-12/h3-7,13,15-17H,1,8-9H2,2H3,(H,23,24)/t13-,15+,16+,17-,20+/m0/s1. The molecule has 7 heteroatoms. The molecule has 1 spiro atoms. The Balaban J connectivity index is 1.53. The van der Waals surface area contributed by atoms with Gasteiger partial charge in [0, 0.05) is 6.54 Å². The molecule has 4 aliphatic heterocycles. The van der Waals surface area contributed by atoms with E-state index in [0.717, 1.165) is 11.1 Å². The van der Waals surface area contributed by atoms with Crippen LogP contribution in [0.25, 0.3) is 0 Å². The second-order valence-corrected chi connectivity index (χ2v) is 7.54. The molecule has 1 aromatic carbocycles. The third-order valence-corrected chi connectivity index (χ3v) is 5.92. The highest BCUT2D eigenvalue weighted by molar-refractivity contribution is 5.92. The summed E-state index contributed by atoms with van der Waals surface area (Å²) >= 11 is 0. The van der Waals surface area contributed by atoms with E-state index in [2.05, 4.69) is 6.58 Å². The highest BCUT2D eigenvalue weighted by atomic mass is 16.7. The van der Waals surface area contributed by atoms with Crippen LogP contribution in [0.15, 0.2) is 42.5 Å². The fourth-order valence-corrected chi connectivity index (χ4v) is 4.96. The van der Waals surface area contributed by atoms with Gasteiger partial charge in [-0.3, -0.25) is 9.59 Å². The van der Waals surface area contributed by atoms with Crippen molar-refractivity contribution in [1.82, 2.24) is 4.90 Å². The van der Waals surface area contributed by atoms with E-state index in [1.807, 2.05) is 31.2 Å². The number of benzene rings is 1. The van der Waals surface area contributed by atoms with Crippen LogP contribution in [-0.4, -0.2) is 46.4 Å². The number of hydrogen-bond donors (Lipinski definition) is 1. The van der Waals surface area contributed by atoms with Crippen molar-refractivity contribution in [3.05, 3.63) is 48.1 Å². The predicted octanol–water partition coefficient (Wildman–Crippen LogP) is 1.73. The van der Waals surface area contributed by atoms with Crippen LogP contribution in [0.1, 0.15) is 12.5 Å². The first-order valence-electron chi connectivity index (χ1n) is 8.87. The van der Waals surface area contributed by atoms with Gasteiger partial charge in [0.05, 0.1) is 18.1 Å². The minimum absolute atomic E-state index is 0.182. The Bertz CT molecular complexity index is 908. The summed E-state index contributed by atoms with van der Waals surface area (Å²) < 4.78 is 16.8. The van der Waals surface area contributed by atoms with Gasteiger partial charge in [0.2, 0.25) is 12.7 Å². The van der Waals surface area contributed by atoms with Gasteiger partial charge in [-0.1, -0.05) is 30.4 Å². The van der Waals surface area contributed by atoms with Crippen molar-refractivity contribution in [2.24, 2.45) is 11.8 Å². The van der Waals surface area contributed by atoms with Crippen molar-refractivity contribution >= 4 is 11.9 Å². The Morgan fingerprint density at radius 2 is 2.15 bits per heavy atom. The number of likely N-dealkylation sites (tertiary alicyclic amines) is 1. The normalized spacial score (nSPS) is 35.0. The van der Waals surface area contributed by atoms with Crippen LogP contribution in [0.5, 0.6) is 11.5 Å². The fraction of sp³-hybridized carbons (Fsp3) is 0.400. The topological polar surface area (TPSA) is 85.3 Å². The van der Waals surface area contributed by atoms with E-state index >= 15 is 0 Å². The lowest BCUT2D eigenvalue weighted by Crippen LogP contribution is -2.45. The first-order chi connectivity index (χ1) is 12.9. The molecule has 1 aromatic rings. The Kier molecular flexibility index (Phi) is 3.25. The largest absolute Gasteiger partial charge is 0.481 e. The molecule has 1 N–H and O–H groups in total. The number of nitrogens with zero attached hydrogens (tertiary/aromatic N) is 1. The van der Waals surface area contributed by atoms with Crippen molar-refractivity contribution in [2.75, 3.05) is 6.79 Å². The molecule has 5 atom stereocenters. The van der Waals surface area contributed by atoms with Crippen LogP contribution in [0.3, 0.4) is 0 Å². The third kappa shape index (κ3) is 2.06. The van der Waals surface area contributed by atoms with Crippen LogP contribution in [0.2, 0.25) is 0 Å². The maximum absolute atomic E-state index is 13.3. The molecule has 2 bridgehead atoms. The summed E-state index contributed by atoms with van der Waals surface area (Å²) in [5, 5.41) is 9.67. The van der Waals surface area contributed by atoms with E-state index in [1.54, 1.807) is 11.0 Å². The number of carboxylic acids is 1. The van der Waals surface area contributed by atoms with Crippen molar-refractivity contribution in [1.29, 1.82) is 0 Å². The number of rotatable bonds is 4. The summed E-state index contributed by atoms with van der Waals surface area (Å²) in [6, 6.07) is 5.13. The Labute approximate surface area is 155 Å². The lowest BCUT2D eigenvalue weighted by molar-refractivity contribution is -0.148. The highest BCUT2D eigenvalue weighted by Gasteiger charge is 2.71. The minimum atomic E-state index is -1.00. The van der Waals surface area contributed by atoms with E-state index in [-0.39, 0.29) is 12.7 Å². The summed E-state index contributed by atoms with van der Waals surface area (Å²) in [5.74, 6) is -1.50. The van der Waals surface area contributed by atoms with Crippen LogP contribution < -0.4 is 9.47 Å². The van der Waals surface area contributed by atoms with Gasteiger partial charge in [0.15, 0.2) is 11.5 Å². The molecule has 5 rings (SSSR count). The Morgan fingerprint density at radius 1 is 1.37 bits per heavy atom. The van der Waals surface area contributed by atoms with Gasteiger partial charge in [0.1, 0.15) is 11.5 Å². The zero-order valence-electron chi connectivity index (χ0n) is 14.8. The summed E-state index contributed by atoms with van der Waals surface area (Å²) in [5.41, 5.74) is 0.691. The predicted molar refractivity (Wildman–Crippen MR) is 93.1 cm³/mol. The zero-order valence-corrected chi connectivity index (χ0v) is 14.8. The van der Waals surface area contributed by atoms with E-state index in [1.165, 1.54) is 0 Å². The summed E-state index contributed by atoms with van der Waals surface area (Å²) in [6.07, 6.45) is 3.06. The molecule has 0 saturated carbocycles. The number of carbonyl (C=O) groups excluding carboxylic acids is 1. The summed E-state index contributed by atoms with van der Waals surface area (Å²) in [4.78, 5) is 26.8. The maximum Gasteiger partial charge on any atom is 0.310 e. The SMILES string of the molecule is C=C(C)[C@@H]1N(Cc2ccc3c(c2)OCO3)C(=O)[C@H]2[C@H](C(=O)O)[C@@H]3C=C[C@]12O3. The van der Waals surface area contributed by atoms with Crippen LogP contribution >= 0.6 is 0 Å². The van der Waals surface area contributed by atoms with E-state index in [9.17, 15) is 14.7 Å². The molecule has 7 nitrogen and oxygen atoms in total. The lowest BCUT2D eigenvalue weighted by Gasteiger charge is -2.33. The van der Waals surface area contributed by atoms with E-state index in [4.69, 9.17) is 14.2 Å². The smallest absolute Gasteiger partial charge is 0.310 e. The summed E-state index contributed by atoms with van der Waals surface area (Å²) in [7, 11) is 0. The van der Waals surface area contributed by atoms with Crippen molar-refractivity contribution in [3.63, 3.8) is 0 Å². The number of fused-ring (bicyclic) bond motifs is 2. The number of hydrogen-bond acceptors (Lipinski definition) is 5. The van der Waals surface area contributed by atoms with Crippen LogP contribution in [-0.2, 0) is 20.9 Å². The van der Waals surface area contributed by atoms with Gasteiger partial charge >= 0.3 is 5.97 Å². The number of ether oxygens (including phenoxy) is 3. The Hall–Kier alpha value is -2.80. The maximum atomic E-state index is 13.3. The average molecular weight is 369 g/mol. The van der Waals surface area contributed by atoms with Gasteiger partial charge < -0.3 is 24.2 Å². The molecular formula is C20H19NO6. The molecule has 4 heterocycles. The quantitative estimate of drug-likeness (QED) is 0.814. The number of aliphatic carboxylic acids is 1. The van der Waals surface area contributed by atoms with Gasteiger partial charge in [0.25, 0.3) is 0 Å². The van der Waals surface area contributed by atoms with Gasteiger partial charge in [-0.25, -0.2) is 0 Å². The van der Waals surface area contributed by atoms with Gasteiger partial charge in [-0.2, -0.15) is 0 Å². The lowest BCUT2D eigenvalue weighted by atomic mass is 9.74. The van der Waals surface area contributed by atoms with Crippen molar-refractivity contribution < 1.29 is 28.9 Å². The van der Waals surface area contributed by atoms with E-state index in [0.29, 0.717) is 18.0 Å². The van der Waals surface area contributed by atoms with Crippen LogP contribution in [0, 0.1) is 11.8 Å². The average Bonchev–Trinajstić information content (AvgIpc) is 3.35. The van der Waals surface area contributed by atoms with Gasteiger partial charge in [-0.15, -0.1) is 0 Å². The van der Waals surface area contributed by atoms with Crippen molar-refractivity contribution in [2.45, 2.75) is 31.2 Å². The highest BCUT2D eigenvalue weighted by Crippen LogP contribution is 2.56. The van der Waals surface area contributed by atoms with Gasteiger partial charge in [-0.05, 0) is 24.6 Å². The minimum Gasteiger partial charge on any atom is -0.481 e. The number of carbonyl (C=O) groups is 2. The van der Waals surface area contributed by atoms with Crippen LogP contribution in [0.4, 0.5) is 0 Å². The molecule has 2 fully saturated rings. The monoisotopic (exact) mass is 369 g/mol. The molecule has 27 heavy (non-hydrogen) atoms. The fourth-order valence-electron chi connectivity index (χ4n) is 4.96. The number of amides is 1. The second kappa shape index (κ2) is 5.36. The molecular weight excluding hydrogens is 350 g/mol. The zero-order chi connectivity index (χ0) is 18.9. The van der Waals surface area contributed by atoms with E-state index < -0.39 is 35.6 Å². The van der Waals surface area contributed by atoms with Crippen molar-refractivity contribution in [3.8, 4) is 11.5 Å². The number of carboxylic acid groups (broad SMARTS) is 1. The second-order valence-electron chi connectivity index (χ2n) is 7.54. The molecule has 4 aliphatic rings. The summed E-state index contributed by atoms with van der Waals surface area (Å²) in [6.45, 7) is 6.41. The molecule has 1 amide bonds.